The van der Waals surface area contributed by atoms with Crippen molar-refractivity contribution in [1.82, 2.24) is 20.4 Å². The van der Waals surface area contributed by atoms with Gasteiger partial charge in [0.05, 0.1) is 17.9 Å². The summed E-state index contributed by atoms with van der Waals surface area (Å²) < 4.78 is 3.00. The highest BCUT2D eigenvalue weighted by Gasteiger charge is 2.24. The van der Waals surface area contributed by atoms with Gasteiger partial charge in [-0.2, -0.15) is 5.10 Å². The van der Waals surface area contributed by atoms with Crippen LogP contribution in [0.15, 0.2) is 46.0 Å². The molecule has 0 spiro atoms. The van der Waals surface area contributed by atoms with Crippen molar-refractivity contribution in [2.75, 3.05) is 24.5 Å². The first-order valence-corrected chi connectivity index (χ1v) is 9.48. The van der Waals surface area contributed by atoms with Crippen molar-refractivity contribution in [3.05, 3.63) is 46.7 Å². The number of benzene rings is 1. The smallest absolute Gasteiger partial charge is 0.191 e. The lowest BCUT2D eigenvalue weighted by Gasteiger charge is -2.21. The van der Waals surface area contributed by atoms with Crippen LogP contribution in [0.2, 0.25) is 0 Å². The van der Waals surface area contributed by atoms with Gasteiger partial charge in [-0.3, -0.25) is 4.68 Å². The summed E-state index contributed by atoms with van der Waals surface area (Å²) in [6, 6.07) is 10.8. The Kier molecular flexibility index (Phi) is 5.96. The number of guanidine groups is 1. The van der Waals surface area contributed by atoms with E-state index in [-0.39, 0.29) is 0 Å². The monoisotopic (exact) mass is 404 g/mol. The number of para-hydroxylation sites is 1. The molecule has 7 heteroatoms. The van der Waals surface area contributed by atoms with E-state index in [0.29, 0.717) is 12.6 Å². The summed E-state index contributed by atoms with van der Waals surface area (Å²) in [7, 11) is 1.94. The molecule has 1 aliphatic rings. The third kappa shape index (κ3) is 4.54. The number of nitrogens with one attached hydrogen (secondary N) is 2. The van der Waals surface area contributed by atoms with Crippen molar-refractivity contribution >= 4 is 27.6 Å². The fourth-order valence-corrected chi connectivity index (χ4v) is 3.57. The maximum atomic E-state index is 4.70. The molecule has 1 atom stereocenters. The molecular formula is C18H25BrN6. The van der Waals surface area contributed by atoms with Crippen LogP contribution in [0.3, 0.4) is 0 Å². The molecular weight excluding hydrogens is 380 g/mol. The molecule has 0 saturated carbocycles. The third-order valence-corrected chi connectivity index (χ3v) is 5.06. The normalized spacial score (nSPS) is 17.8. The topological polar surface area (TPSA) is 57.5 Å². The number of aryl methyl sites for hydroxylation is 1. The highest BCUT2D eigenvalue weighted by molar-refractivity contribution is 9.10. The van der Waals surface area contributed by atoms with Gasteiger partial charge in [-0.15, -0.1) is 0 Å². The Morgan fingerprint density at radius 3 is 2.92 bits per heavy atom. The van der Waals surface area contributed by atoms with Crippen molar-refractivity contribution < 1.29 is 0 Å². The van der Waals surface area contributed by atoms with Gasteiger partial charge in [0.1, 0.15) is 0 Å². The zero-order valence-electron chi connectivity index (χ0n) is 14.7. The average Bonchev–Trinajstić information content (AvgIpc) is 3.22. The van der Waals surface area contributed by atoms with E-state index >= 15 is 0 Å². The zero-order valence-corrected chi connectivity index (χ0v) is 16.3. The van der Waals surface area contributed by atoms with Gasteiger partial charge < -0.3 is 15.5 Å². The van der Waals surface area contributed by atoms with E-state index in [0.717, 1.165) is 42.2 Å². The van der Waals surface area contributed by atoms with Crippen LogP contribution in [0.25, 0.3) is 0 Å². The number of aromatic nitrogens is 2. The predicted molar refractivity (Wildman–Crippen MR) is 106 cm³/mol. The van der Waals surface area contributed by atoms with Crippen LogP contribution in [0.1, 0.15) is 19.0 Å². The standard InChI is InChI=1S/C18H25BrN6/c1-3-20-18(21-12-15-8-10-22-24(15)2)23-14-9-11-25(13-14)17-7-5-4-6-16(17)19/h4-8,10,14H,3,9,11-13H2,1-2H3,(H2,20,21,23). The highest BCUT2D eigenvalue weighted by Crippen LogP contribution is 2.28. The van der Waals surface area contributed by atoms with E-state index in [2.05, 4.69) is 61.7 Å². The Morgan fingerprint density at radius 1 is 1.36 bits per heavy atom. The number of nitrogens with zero attached hydrogens (tertiary/aromatic N) is 4. The minimum absolute atomic E-state index is 0.386. The van der Waals surface area contributed by atoms with Crippen molar-refractivity contribution in [1.29, 1.82) is 0 Å². The molecule has 3 rings (SSSR count). The predicted octanol–water partition coefficient (Wildman–Crippen LogP) is 2.52. The second kappa shape index (κ2) is 8.38. The van der Waals surface area contributed by atoms with Crippen LogP contribution in [0.4, 0.5) is 5.69 Å². The van der Waals surface area contributed by atoms with Gasteiger partial charge in [-0.05, 0) is 47.5 Å². The maximum Gasteiger partial charge on any atom is 0.191 e. The Labute approximate surface area is 157 Å². The van der Waals surface area contributed by atoms with Crippen LogP contribution in [-0.4, -0.2) is 41.4 Å². The Morgan fingerprint density at radius 2 is 2.20 bits per heavy atom. The molecule has 0 amide bonds. The highest BCUT2D eigenvalue weighted by atomic mass is 79.9. The molecule has 25 heavy (non-hydrogen) atoms. The first-order chi connectivity index (χ1) is 12.2. The molecule has 2 N–H and O–H groups in total. The Balaban J connectivity index is 1.61. The van der Waals surface area contributed by atoms with Crippen LogP contribution >= 0.6 is 15.9 Å². The number of hydrogen-bond acceptors (Lipinski definition) is 3. The summed E-state index contributed by atoms with van der Waals surface area (Å²) in [4.78, 5) is 7.11. The van der Waals surface area contributed by atoms with Crippen molar-refractivity contribution in [3.63, 3.8) is 0 Å². The van der Waals surface area contributed by atoms with Gasteiger partial charge in [0, 0.05) is 43.4 Å². The van der Waals surface area contributed by atoms with Gasteiger partial charge in [0.2, 0.25) is 0 Å². The van der Waals surface area contributed by atoms with Crippen LogP contribution < -0.4 is 15.5 Å². The Hall–Kier alpha value is -2.02. The van der Waals surface area contributed by atoms with Gasteiger partial charge in [0.25, 0.3) is 0 Å². The Bertz CT molecular complexity index is 726. The molecule has 2 aromatic rings. The molecule has 1 fully saturated rings. The largest absolute Gasteiger partial charge is 0.368 e. The fraction of sp³-hybridized carbons (Fsp3) is 0.444. The second-order valence-corrected chi connectivity index (χ2v) is 7.02. The number of rotatable bonds is 5. The lowest BCUT2D eigenvalue weighted by molar-refractivity contribution is 0.645. The molecule has 0 aliphatic carbocycles. The number of hydrogen-bond donors (Lipinski definition) is 2. The summed E-state index contributed by atoms with van der Waals surface area (Å²) in [5.41, 5.74) is 2.35. The fourth-order valence-electron chi connectivity index (χ4n) is 3.03. The van der Waals surface area contributed by atoms with E-state index < -0.39 is 0 Å². The molecule has 6 nitrogen and oxygen atoms in total. The molecule has 1 saturated heterocycles. The van der Waals surface area contributed by atoms with Crippen molar-refractivity contribution in [2.45, 2.75) is 25.9 Å². The molecule has 1 unspecified atom stereocenters. The van der Waals surface area contributed by atoms with E-state index in [1.807, 2.05) is 23.9 Å². The minimum Gasteiger partial charge on any atom is -0.368 e. The molecule has 0 radical (unpaired) electrons. The summed E-state index contributed by atoms with van der Waals surface area (Å²) in [6.45, 7) is 5.56. The zero-order chi connectivity index (χ0) is 17.6. The van der Waals surface area contributed by atoms with E-state index in [1.165, 1.54) is 5.69 Å². The third-order valence-electron chi connectivity index (χ3n) is 4.39. The number of anilines is 1. The van der Waals surface area contributed by atoms with Crippen molar-refractivity contribution in [3.8, 4) is 0 Å². The maximum absolute atomic E-state index is 4.70. The average molecular weight is 405 g/mol. The molecule has 1 aromatic heterocycles. The van der Waals surface area contributed by atoms with Gasteiger partial charge in [-0.25, -0.2) is 4.99 Å². The van der Waals surface area contributed by atoms with Gasteiger partial charge >= 0.3 is 0 Å². The minimum atomic E-state index is 0.386. The van der Waals surface area contributed by atoms with E-state index in [9.17, 15) is 0 Å². The van der Waals surface area contributed by atoms with Crippen LogP contribution in [-0.2, 0) is 13.6 Å². The first kappa shape index (κ1) is 17.8. The number of halogens is 1. The van der Waals surface area contributed by atoms with E-state index in [4.69, 9.17) is 4.99 Å². The lowest BCUT2D eigenvalue weighted by Crippen LogP contribution is -2.44. The SMILES string of the molecule is CCNC(=NCc1ccnn1C)NC1CCN(c2ccccc2Br)C1. The summed E-state index contributed by atoms with van der Waals surface area (Å²) in [6.07, 6.45) is 2.90. The lowest BCUT2D eigenvalue weighted by atomic mass is 10.3. The first-order valence-electron chi connectivity index (χ1n) is 8.68. The molecule has 0 bridgehead atoms. The molecule has 134 valence electrons. The molecule has 2 heterocycles. The van der Waals surface area contributed by atoms with Gasteiger partial charge in [-0.1, -0.05) is 12.1 Å². The molecule has 1 aliphatic heterocycles. The van der Waals surface area contributed by atoms with Crippen molar-refractivity contribution in [2.24, 2.45) is 12.0 Å². The van der Waals surface area contributed by atoms with E-state index in [1.54, 1.807) is 6.20 Å². The summed E-state index contributed by atoms with van der Waals surface area (Å²) in [5, 5.41) is 11.1. The quantitative estimate of drug-likeness (QED) is 0.593. The summed E-state index contributed by atoms with van der Waals surface area (Å²) in [5.74, 6) is 0.864. The number of aliphatic imine (C=N–C) groups is 1. The van der Waals surface area contributed by atoms with Crippen LogP contribution in [0, 0.1) is 0 Å². The van der Waals surface area contributed by atoms with Crippen LogP contribution in [0.5, 0.6) is 0 Å². The molecule has 1 aromatic carbocycles. The summed E-state index contributed by atoms with van der Waals surface area (Å²) >= 11 is 3.65. The second-order valence-electron chi connectivity index (χ2n) is 6.17. The van der Waals surface area contributed by atoms with Gasteiger partial charge in [0.15, 0.2) is 5.96 Å².